The average Bonchev–Trinajstić information content (AvgIpc) is 2.61. The molecule has 2 nitrogen and oxygen atoms in total. The summed E-state index contributed by atoms with van der Waals surface area (Å²) < 4.78 is 0. The predicted molar refractivity (Wildman–Crippen MR) is 70.9 cm³/mol. The van der Waals surface area contributed by atoms with Gasteiger partial charge in [0.25, 0.3) is 0 Å². The summed E-state index contributed by atoms with van der Waals surface area (Å²) in [6.07, 6.45) is 5.48. The zero-order valence-electron chi connectivity index (χ0n) is 10.6. The summed E-state index contributed by atoms with van der Waals surface area (Å²) in [5, 5.41) is 3.73. The van der Waals surface area contributed by atoms with E-state index in [-0.39, 0.29) is 0 Å². The van der Waals surface area contributed by atoms with Crippen molar-refractivity contribution in [3.63, 3.8) is 0 Å². The summed E-state index contributed by atoms with van der Waals surface area (Å²) in [4.78, 5) is 2.60. The van der Waals surface area contributed by atoms with Crippen molar-refractivity contribution >= 4 is 0 Å². The van der Waals surface area contributed by atoms with Crippen LogP contribution in [0.4, 0.5) is 0 Å². The minimum atomic E-state index is 0.726. The highest BCUT2D eigenvalue weighted by molar-refractivity contribution is 5.14. The third-order valence-corrected chi connectivity index (χ3v) is 4.54. The molecule has 0 unspecified atom stereocenters. The smallest absolute Gasteiger partial charge is 0.0208 e. The van der Waals surface area contributed by atoms with E-state index in [1.165, 1.54) is 31.2 Å². The summed E-state index contributed by atoms with van der Waals surface area (Å²) in [5.74, 6) is 0. The molecule has 0 aromatic heterocycles. The molecule has 2 heterocycles. The first kappa shape index (κ1) is 11.2. The average molecular weight is 230 g/mol. The van der Waals surface area contributed by atoms with Gasteiger partial charge in [-0.05, 0) is 38.3 Å². The van der Waals surface area contributed by atoms with E-state index < -0.39 is 0 Å². The van der Waals surface area contributed by atoms with Crippen molar-refractivity contribution in [2.45, 2.75) is 50.4 Å². The Kier molecular flexibility index (Phi) is 3.17. The highest BCUT2D eigenvalue weighted by atomic mass is 15.2. The Morgan fingerprint density at radius 1 is 1.12 bits per heavy atom. The molecule has 2 bridgehead atoms. The van der Waals surface area contributed by atoms with Gasteiger partial charge < -0.3 is 10.2 Å². The van der Waals surface area contributed by atoms with Gasteiger partial charge in [-0.1, -0.05) is 30.3 Å². The molecule has 2 fully saturated rings. The molecule has 2 atom stereocenters. The van der Waals surface area contributed by atoms with E-state index in [9.17, 15) is 0 Å². The summed E-state index contributed by atoms with van der Waals surface area (Å²) in [6, 6.07) is 13.1. The molecule has 0 aliphatic carbocycles. The maximum absolute atomic E-state index is 3.73. The SMILES string of the molecule is CN1[C@@H]2CC[C@@H]1CC(NCc1ccccc1)C2. The van der Waals surface area contributed by atoms with Crippen LogP contribution < -0.4 is 5.32 Å². The van der Waals surface area contributed by atoms with Crippen LogP contribution >= 0.6 is 0 Å². The highest BCUT2D eigenvalue weighted by Gasteiger charge is 2.37. The van der Waals surface area contributed by atoms with Crippen LogP contribution in [0.2, 0.25) is 0 Å². The molecule has 0 saturated carbocycles. The minimum absolute atomic E-state index is 0.726. The lowest BCUT2D eigenvalue weighted by Gasteiger charge is -2.36. The van der Waals surface area contributed by atoms with E-state index in [4.69, 9.17) is 0 Å². The number of hydrogen-bond acceptors (Lipinski definition) is 2. The number of hydrogen-bond donors (Lipinski definition) is 1. The Labute approximate surface area is 104 Å². The van der Waals surface area contributed by atoms with Crippen LogP contribution in [0.3, 0.4) is 0 Å². The molecule has 2 aliphatic heterocycles. The molecule has 2 heteroatoms. The third kappa shape index (κ3) is 2.38. The van der Waals surface area contributed by atoms with Crippen LogP contribution in [-0.4, -0.2) is 30.1 Å². The van der Waals surface area contributed by atoms with Crippen molar-refractivity contribution in [2.24, 2.45) is 0 Å². The van der Waals surface area contributed by atoms with Crippen molar-refractivity contribution in [3.05, 3.63) is 35.9 Å². The quantitative estimate of drug-likeness (QED) is 0.858. The zero-order valence-corrected chi connectivity index (χ0v) is 10.6. The van der Waals surface area contributed by atoms with Crippen LogP contribution in [0.5, 0.6) is 0 Å². The highest BCUT2D eigenvalue weighted by Crippen LogP contribution is 2.34. The first-order chi connectivity index (χ1) is 8.33. The topological polar surface area (TPSA) is 15.3 Å². The standard InChI is InChI=1S/C15H22N2/c1-17-14-7-8-15(17)10-13(9-14)16-11-12-5-3-2-4-6-12/h2-6,13-16H,7-11H2,1H3/t14-,15-/m1/s1. The van der Waals surface area contributed by atoms with Crippen molar-refractivity contribution in [1.82, 2.24) is 10.2 Å². The number of fused-ring (bicyclic) bond motifs is 2. The number of rotatable bonds is 3. The molecule has 17 heavy (non-hydrogen) atoms. The van der Waals surface area contributed by atoms with Gasteiger partial charge in [-0.3, -0.25) is 0 Å². The molecular weight excluding hydrogens is 208 g/mol. The fourth-order valence-electron chi connectivity index (χ4n) is 3.44. The fraction of sp³-hybridized carbons (Fsp3) is 0.600. The molecule has 1 aromatic carbocycles. The summed E-state index contributed by atoms with van der Waals surface area (Å²) in [5.41, 5.74) is 1.40. The molecule has 0 amide bonds. The van der Waals surface area contributed by atoms with Gasteiger partial charge in [0, 0.05) is 24.7 Å². The van der Waals surface area contributed by atoms with Gasteiger partial charge in [0.2, 0.25) is 0 Å². The molecule has 1 aromatic rings. The third-order valence-electron chi connectivity index (χ3n) is 4.54. The van der Waals surface area contributed by atoms with Crippen LogP contribution in [0.25, 0.3) is 0 Å². The molecule has 0 spiro atoms. The van der Waals surface area contributed by atoms with E-state index in [0.717, 1.165) is 24.7 Å². The number of piperidine rings is 1. The van der Waals surface area contributed by atoms with Gasteiger partial charge in [-0.15, -0.1) is 0 Å². The van der Waals surface area contributed by atoms with Crippen LogP contribution in [0.15, 0.2) is 30.3 Å². The molecule has 92 valence electrons. The summed E-state index contributed by atoms with van der Waals surface area (Å²) in [7, 11) is 2.30. The molecule has 2 saturated heterocycles. The fourth-order valence-corrected chi connectivity index (χ4v) is 3.44. The predicted octanol–water partition coefficient (Wildman–Crippen LogP) is 2.40. The second-order valence-electron chi connectivity index (χ2n) is 5.59. The largest absolute Gasteiger partial charge is 0.310 e. The van der Waals surface area contributed by atoms with E-state index in [2.05, 4.69) is 47.6 Å². The lowest BCUT2D eigenvalue weighted by Crippen LogP contribution is -2.46. The van der Waals surface area contributed by atoms with Crippen molar-refractivity contribution in [1.29, 1.82) is 0 Å². The van der Waals surface area contributed by atoms with E-state index in [1.807, 2.05) is 0 Å². The molecule has 0 radical (unpaired) electrons. The van der Waals surface area contributed by atoms with Crippen molar-refractivity contribution in [3.8, 4) is 0 Å². The summed E-state index contributed by atoms with van der Waals surface area (Å²) >= 11 is 0. The number of nitrogens with zero attached hydrogens (tertiary/aromatic N) is 1. The van der Waals surface area contributed by atoms with Gasteiger partial charge in [0.1, 0.15) is 0 Å². The van der Waals surface area contributed by atoms with E-state index in [1.54, 1.807) is 0 Å². The van der Waals surface area contributed by atoms with Crippen molar-refractivity contribution < 1.29 is 0 Å². The van der Waals surface area contributed by atoms with Gasteiger partial charge >= 0.3 is 0 Å². The first-order valence-electron chi connectivity index (χ1n) is 6.82. The Morgan fingerprint density at radius 3 is 2.41 bits per heavy atom. The Bertz CT molecular complexity index is 348. The maximum atomic E-state index is 3.73. The van der Waals surface area contributed by atoms with Crippen molar-refractivity contribution in [2.75, 3.05) is 7.05 Å². The molecular formula is C15H22N2. The van der Waals surface area contributed by atoms with Crippen LogP contribution in [0, 0.1) is 0 Å². The Balaban J connectivity index is 1.54. The maximum Gasteiger partial charge on any atom is 0.0208 e. The van der Waals surface area contributed by atoms with Crippen LogP contribution in [-0.2, 0) is 6.54 Å². The molecule has 2 aliphatic rings. The molecule has 1 N–H and O–H groups in total. The minimum Gasteiger partial charge on any atom is -0.310 e. The normalized spacial score (nSPS) is 32.9. The van der Waals surface area contributed by atoms with Crippen LogP contribution in [0.1, 0.15) is 31.2 Å². The zero-order chi connectivity index (χ0) is 11.7. The van der Waals surface area contributed by atoms with Gasteiger partial charge in [0.05, 0.1) is 0 Å². The van der Waals surface area contributed by atoms with E-state index in [0.29, 0.717) is 0 Å². The number of nitrogens with one attached hydrogen (secondary N) is 1. The molecule has 3 rings (SSSR count). The Morgan fingerprint density at radius 2 is 1.76 bits per heavy atom. The first-order valence-corrected chi connectivity index (χ1v) is 6.82. The number of benzene rings is 1. The summed E-state index contributed by atoms with van der Waals surface area (Å²) in [6.45, 7) is 1.02. The second kappa shape index (κ2) is 4.79. The van der Waals surface area contributed by atoms with Gasteiger partial charge in [-0.2, -0.15) is 0 Å². The second-order valence-corrected chi connectivity index (χ2v) is 5.59. The monoisotopic (exact) mass is 230 g/mol. The lowest BCUT2D eigenvalue weighted by atomic mass is 9.98. The van der Waals surface area contributed by atoms with E-state index >= 15 is 0 Å². The lowest BCUT2D eigenvalue weighted by molar-refractivity contribution is 0.148. The van der Waals surface area contributed by atoms with Gasteiger partial charge in [0.15, 0.2) is 0 Å². The van der Waals surface area contributed by atoms with Gasteiger partial charge in [-0.25, -0.2) is 0 Å². The Hall–Kier alpha value is -0.860.